The summed E-state index contributed by atoms with van der Waals surface area (Å²) >= 11 is 1.70. The number of carbonyl (C=O) groups excluding carboxylic acids is 1. The number of ether oxygens (including phenoxy) is 1. The number of nitrogens with one attached hydrogen (secondary N) is 1. The second-order valence-corrected chi connectivity index (χ2v) is 6.35. The molecule has 0 aromatic carbocycles. The summed E-state index contributed by atoms with van der Waals surface area (Å²) in [6.45, 7) is 6.70. The molecule has 0 radical (unpaired) electrons. The summed E-state index contributed by atoms with van der Waals surface area (Å²) in [7, 11) is 1.47. The van der Waals surface area contributed by atoms with Gasteiger partial charge in [-0.05, 0) is 31.7 Å². The summed E-state index contributed by atoms with van der Waals surface area (Å²) in [5.74, 6) is -0.146. The number of hydrogen-bond donors (Lipinski definition) is 1. The lowest BCUT2D eigenvalue weighted by Gasteiger charge is -2.29. The SMILES string of the molecule is COC(=O)C1(NCc2cccs2)CCN(C(C)C)C1. The highest BCUT2D eigenvalue weighted by molar-refractivity contribution is 7.09. The van der Waals surface area contributed by atoms with Crippen molar-refractivity contribution in [2.45, 2.75) is 38.4 Å². The number of methoxy groups -OCH3 is 1. The highest BCUT2D eigenvalue weighted by Crippen LogP contribution is 2.25. The van der Waals surface area contributed by atoms with E-state index in [-0.39, 0.29) is 5.97 Å². The zero-order valence-corrected chi connectivity index (χ0v) is 12.6. The highest BCUT2D eigenvalue weighted by Gasteiger charge is 2.45. The molecule has 1 fully saturated rings. The predicted octanol–water partition coefficient (Wildman–Crippen LogP) is 1.86. The lowest BCUT2D eigenvalue weighted by atomic mass is 9.98. The lowest BCUT2D eigenvalue weighted by Crippen LogP contribution is -2.54. The van der Waals surface area contributed by atoms with Crippen LogP contribution in [0.3, 0.4) is 0 Å². The van der Waals surface area contributed by atoms with Crippen molar-refractivity contribution in [3.63, 3.8) is 0 Å². The lowest BCUT2D eigenvalue weighted by molar-refractivity contribution is -0.148. The number of rotatable bonds is 5. The maximum absolute atomic E-state index is 12.2. The zero-order chi connectivity index (χ0) is 13.9. The van der Waals surface area contributed by atoms with Gasteiger partial charge in [0.05, 0.1) is 7.11 Å². The highest BCUT2D eigenvalue weighted by atomic mass is 32.1. The first-order valence-corrected chi connectivity index (χ1v) is 7.55. The van der Waals surface area contributed by atoms with E-state index in [2.05, 4.69) is 35.5 Å². The monoisotopic (exact) mass is 282 g/mol. The molecule has 0 bridgehead atoms. The van der Waals surface area contributed by atoms with E-state index in [0.717, 1.165) is 26.1 Å². The first-order chi connectivity index (χ1) is 9.07. The topological polar surface area (TPSA) is 41.6 Å². The molecule has 2 rings (SSSR count). The Kier molecular flexibility index (Phi) is 4.60. The Morgan fingerprint density at radius 2 is 2.42 bits per heavy atom. The normalized spacial score (nSPS) is 24.0. The fraction of sp³-hybridized carbons (Fsp3) is 0.643. The van der Waals surface area contributed by atoms with Crippen LogP contribution in [0.1, 0.15) is 25.1 Å². The van der Waals surface area contributed by atoms with Gasteiger partial charge in [-0.1, -0.05) is 6.07 Å². The van der Waals surface area contributed by atoms with Crippen LogP contribution in [-0.4, -0.2) is 42.6 Å². The van der Waals surface area contributed by atoms with Gasteiger partial charge in [0, 0.05) is 30.6 Å². The summed E-state index contributed by atoms with van der Waals surface area (Å²) in [4.78, 5) is 15.7. The Bertz CT molecular complexity index is 419. The molecule has 0 saturated carbocycles. The molecule has 4 nitrogen and oxygen atoms in total. The van der Waals surface area contributed by atoms with Crippen molar-refractivity contribution in [3.8, 4) is 0 Å². The van der Waals surface area contributed by atoms with Crippen molar-refractivity contribution in [3.05, 3.63) is 22.4 Å². The minimum atomic E-state index is -0.553. The quantitative estimate of drug-likeness (QED) is 0.837. The number of likely N-dealkylation sites (tertiary alicyclic amines) is 1. The Balaban J connectivity index is 2.06. The van der Waals surface area contributed by atoms with Crippen molar-refractivity contribution in [2.75, 3.05) is 20.2 Å². The van der Waals surface area contributed by atoms with E-state index < -0.39 is 5.54 Å². The van der Waals surface area contributed by atoms with E-state index in [9.17, 15) is 4.79 Å². The smallest absolute Gasteiger partial charge is 0.327 e. The van der Waals surface area contributed by atoms with Crippen molar-refractivity contribution in [2.24, 2.45) is 0 Å². The van der Waals surface area contributed by atoms with E-state index in [1.165, 1.54) is 12.0 Å². The van der Waals surface area contributed by atoms with Crippen LogP contribution in [0.5, 0.6) is 0 Å². The molecule has 1 atom stereocenters. The number of esters is 1. The first-order valence-electron chi connectivity index (χ1n) is 6.67. The minimum absolute atomic E-state index is 0.146. The summed E-state index contributed by atoms with van der Waals surface area (Å²) in [6.07, 6.45) is 0.809. The van der Waals surface area contributed by atoms with Gasteiger partial charge in [0.1, 0.15) is 5.54 Å². The van der Waals surface area contributed by atoms with Crippen LogP contribution in [0.4, 0.5) is 0 Å². The molecule has 1 aliphatic rings. The van der Waals surface area contributed by atoms with Crippen LogP contribution >= 0.6 is 11.3 Å². The predicted molar refractivity (Wildman–Crippen MR) is 77.2 cm³/mol. The average molecular weight is 282 g/mol. The third-order valence-electron chi connectivity index (χ3n) is 3.79. The third kappa shape index (κ3) is 3.16. The van der Waals surface area contributed by atoms with Crippen molar-refractivity contribution in [1.29, 1.82) is 0 Å². The summed E-state index contributed by atoms with van der Waals surface area (Å²) in [6, 6.07) is 4.56. The first kappa shape index (κ1) is 14.5. The van der Waals surface area contributed by atoms with Crippen LogP contribution < -0.4 is 5.32 Å². The molecule has 106 valence electrons. The Labute approximate surface area is 118 Å². The van der Waals surface area contributed by atoms with Gasteiger partial charge < -0.3 is 4.74 Å². The van der Waals surface area contributed by atoms with E-state index >= 15 is 0 Å². The Hall–Kier alpha value is -0.910. The van der Waals surface area contributed by atoms with Gasteiger partial charge in [-0.2, -0.15) is 0 Å². The van der Waals surface area contributed by atoms with E-state index in [1.807, 2.05) is 6.07 Å². The molecule has 5 heteroatoms. The molecule has 2 heterocycles. The second kappa shape index (κ2) is 6.03. The number of thiophene rings is 1. The zero-order valence-electron chi connectivity index (χ0n) is 11.8. The Morgan fingerprint density at radius 3 is 2.95 bits per heavy atom. The average Bonchev–Trinajstić information content (AvgIpc) is 3.05. The van der Waals surface area contributed by atoms with Crippen molar-refractivity contribution >= 4 is 17.3 Å². The molecule has 1 aliphatic heterocycles. The fourth-order valence-corrected chi connectivity index (χ4v) is 3.17. The number of carbonyl (C=O) groups is 1. The standard InChI is InChI=1S/C14H22N2O2S/c1-11(2)16-7-6-14(10-16,13(17)18-3)15-9-12-5-4-8-19-12/h4-5,8,11,15H,6-7,9-10H2,1-3H3. The van der Waals surface area contributed by atoms with Gasteiger partial charge in [0.2, 0.25) is 0 Å². The van der Waals surface area contributed by atoms with Gasteiger partial charge in [-0.25, -0.2) is 0 Å². The maximum Gasteiger partial charge on any atom is 0.327 e. The minimum Gasteiger partial charge on any atom is -0.468 e. The second-order valence-electron chi connectivity index (χ2n) is 5.32. The van der Waals surface area contributed by atoms with Gasteiger partial charge >= 0.3 is 5.97 Å². The summed E-state index contributed by atoms with van der Waals surface area (Å²) < 4.78 is 5.01. The van der Waals surface area contributed by atoms with Crippen molar-refractivity contribution < 1.29 is 9.53 Å². The van der Waals surface area contributed by atoms with Gasteiger partial charge in [0.15, 0.2) is 0 Å². The molecular weight excluding hydrogens is 260 g/mol. The molecule has 1 aromatic rings. The summed E-state index contributed by atoms with van der Waals surface area (Å²) in [5, 5.41) is 5.48. The van der Waals surface area contributed by atoms with E-state index in [1.54, 1.807) is 11.3 Å². The number of nitrogens with zero attached hydrogens (tertiary/aromatic N) is 1. The number of hydrogen-bond acceptors (Lipinski definition) is 5. The molecule has 1 aromatic heterocycles. The molecule has 1 unspecified atom stereocenters. The molecule has 0 aliphatic carbocycles. The Morgan fingerprint density at radius 1 is 1.63 bits per heavy atom. The van der Waals surface area contributed by atoms with Crippen LogP contribution in [0, 0.1) is 0 Å². The molecular formula is C14H22N2O2S. The molecule has 19 heavy (non-hydrogen) atoms. The van der Waals surface area contributed by atoms with Crippen LogP contribution in [0.25, 0.3) is 0 Å². The largest absolute Gasteiger partial charge is 0.468 e. The van der Waals surface area contributed by atoms with E-state index in [0.29, 0.717) is 6.04 Å². The van der Waals surface area contributed by atoms with E-state index in [4.69, 9.17) is 4.74 Å². The van der Waals surface area contributed by atoms with Crippen LogP contribution in [-0.2, 0) is 16.1 Å². The van der Waals surface area contributed by atoms with Gasteiger partial charge in [0.25, 0.3) is 0 Å². The molecule has 0 amide bonds. The molecule has 1 saturated heterocycles. The van der Waals surface area contributed by atoms with Crippen LogP contribution in [0.15, 0.2) is 17.5 Å². The van der Waals surface area contributed by atoms with Crippen LogP contribution in [0.2, 0.25) is 0 Å². The molecule has 0 spiro atoms. The van der Waals surface area contributed by atoms with Gasteiger partial charge in [-0.3, -0.25) is 15.0 Å². The van der Waals surface area contributed by atoms with Crippen molar-refractivity contribution in [1.82, 2.24) is 10.2 Å². The summed E-state index contributed by atoms with van der Waals surface area (Å²) in [5.41, 5.74) is -0.553. The van der Waals surface area contributed by atoms with Gasteiger partial charge in [-0.15, -0.1) is 11.3 Å². The third-order valence-corrected chi connectivity index (χ3v) is 4.66. The fourth-order valence-electron chi connectivity index (χ4n) is 2.53. The maximum atomic E-state index is 12.2. The molecule has 1 N–H and O–H groups in total.